The van der Waals surface area contributed by atoms with Crippen molar-refractivity contribution in [3.05, 3.63) is 46.8 Å². The molecule has 8 heteroatoms. The third-order valence-electron chi connectivity index (χ3n) is 4.28. The summed E-state index contributed by atoms with van der Waals surface area (Å²) in [5.74, 6) is 0.196. The van der Waals surface area contributed by atoms with Gasteiger partial charge < -0.3 is 5.32 Å². The average Bonchev–Trinajstić information content (AvgIpc) is 2.79. The van der Waals surface area contributed by atoms with E-state index < -0.39 is 10.0 Å². The van der Waals surface area contributed by atoms with Crippen LogP contribution in [0.2, 0.25) is 0 Å². The molecule has 1 aromatic carbocycles. The van der Waals surface area contributed by atoms with Crippen LogP contribution in [0.3, 0.4) is 0 Å². The predicted octanol–water partition coefficient (Wildman–Crippen LogP) is 2.52. The molecule has 0 fully saturated rings. The Hall–Kier alpha value is -2.19. The Morgan fingerprint density at radius 3 is 2.41 bits per heavy atom. The van der Waals surface area contributed by atoms with Crippen molar-refractivity contribution in [1.29, 1.82) is 0 Å². The SMILES string of the molecule is Cc1nn(CC(C)C)c(C)c1CCC(=O)Nc1ccc(CS(N)(=O)=O)cc1. The zero-order valence-corrected chi connectivity index (χ0v) is 17.1. The molecule has 0 spiro atoms. The molecule has 0 radical (unpaired) electrons. The molecule has 1 heterocycles. The number of hydrogen-bond acceptors (Lipinski definition) is 4. The number of aromatic nitrogens is 2. The van der Waals surface area contributed by atoms with E-state index in [4.69, 9.17) is 5.14 Å². The highest BCUT2D eigenvalue weighted by Gasteiger charge is 2.14. The van der Waals surface area contributed by atoms with E-state index in [2.05, 4.69) is 24.3 Å². The quantitative estimate of drug-likeness (QED) is 0.720. The predicted molar refractivity (Wildman–Crippen MR) is 107 cm³/mol. The van der Waals surface area contributed by atoms with Gasteiger partial charge in [-0.1, -0.05) is 26.0 Å². The van der Waals surface area contributed by atoms with Gasteiger partial charge >= 0.3 is 0 Å². The molecule has 2 rings (SSSR count). The summed E-state index contributed by atoms with van der Waals surface area (Å²) < 4.78 is 24.2. The van der Waals surface area contributed by atoms with Crippen molar-refractivity contribution in [2.24, 2.45) is 11.1 Å². The Kier molecular flexibility index (Phi) is 6.78. The van der Waals surface area contributed by atoms with Crippen LogP contribution in [0.5, 0.6) is 0 Å². The van der Waals surface area contributed by atoms with Crippen molar-refractivity contribution < 1.29 is 13.2 Å². The molecule has 7 nitrogen and oxygen atoms in total. The number of carbonyl (C=O) groups is 1. The highest BCUT2D eigenvalue weighted by atomic mass is 32.2. The summed E-state index contributed by atoms with van der Waals surface area (Å²) in [5.41, 5.74) is 4.41. The fraction of sp³-hybridized carbons (Fsp3) is 0.474. The second kappa shape index (κ2) is 8.67. The molecule has 27 heavy (non-hydrogen) atoms. The molecule has 1 aromatic heterocycles. The number of rotatable bonds is 8. The summed E-state index contributed by atoms with van der Waals surface area (Å²) >= 11 is 0. The van der Waals surface area contributed by atoms with Crippen LogP contribution in [0.25, 0.3) is 0 Å². The minimum Gasteiger partial charge on any atom is -0.326 e. The van der Waals surface area contributed by atoms with Crippen molar-refractivity contribution >= 4 is 21.6 Å². The molecule has 0 saturated heterocycles. The van der Waals surface area contributed by atoms with Gasteiger partial charge in [0.2, 0.25) is 15.9 Å². The maximum atomic E-state index is 12.3. The Morgan fingerprint density at radius 2 is 1.85 bits per heavy atom. The van der Waals surface area contributed by atoms with Crippen molar-refractivity contribution in [2.75, 3.05) is 5.32 Å². The van der Waals surface area contributed by atoms with Crippen LogP contribution in [-0.2, 0) is 33.5 Å². The number of sulfonamides is 1. The number of anilines is 1. The number of nitrogens with one attached hydrogen (secondary N) is 1. The van der Waals surface area contributed by atoms with Gasteiger partial charge in [-0.15, -0.1) is 0 Å². The Balaban J connectivity index is 1.94. The van der Waals surface area contributed by atoms with E-state index in [0.717, 1.165) is 23.5 Å². The van der Waals surface area contributed by atoms with Gasteiger partial charge in [-0.25, -0.2) is 13.6 Å². The fourth-order valence-electron chi connectivity index (χ4n) is 3.00. The van der Waals surface area contributed by atoms with Gasteiger partial charge in [-0.3, -0.25) is 9.48 Å². The number of nitrogens with zero attached hydrogens (tertiary/aromatic N) is 2. The zero-order valence-electron chi connectivity index (χ0n) is 16.3. The number of hydrogen-bond donors (Lipinski definition) is 2. The van der Waals surface area contributed by atoms with Gasteiger partial charge in [0.25, 0.3) is 0 Å². The van der Waals surface area contributed by atoms with Gasteiger partial charge in [-0.2, -0.15) is 5.10 Å². The van der Waals surface area contributed by atoms with E-state index in [0.29, 0.717) is 30.0 Å². The van der Waals surface area contributed by atoms with E-state index in [1.807, 2.05) is 18.5 Å². The highest BCUT2D eigenvalue weighted by molar-refractivity contribution is 7.88. The van der Waals surface area contributed by atoms with Gasteiger partial charge in [-0.05, 0) is 49.4 Å². The second-order valence-electron chi connectivity index (χ2n) is 7.28. The maximum absolute atomic E-state index is 12.3. The molecule has 3 N–H and O–H groups in total. The minimum absolute atomic E-state index is 0.0930. The van der Waals surface area contributed by atoms with E-state index in [9.17, 15) is 13.2 Å². The summed E-state index contributed by atoms with van der Waals surface area (Å²) in [5, 5.41) is 12.4. The number of aryl methyl sites for hydroxylation is 1. The highest BCUT2D eigenvalue weighted by Crippen LogP contribution is 2.17. The smallest absolute Gasteiger partial charge is 0.224 e. The first-order chi connectivity index (χ1) is 12.5. The average molecular weight is 393 g/mol. The number of primary sulfonamides is 1. The summed E-state index contributed by atoms with van der Waals surface area (Å²) in [6.07, 6.45) is 0.985. The molecule has 0 aliphatic carbocycles. The van der Waals surface area contributed by atoms with Gasteiger partial charge in [0.1, 0.15) is 0 Å². The van der Waals surface area contributed by atoms with Crippen LogP contribution >= 0.6 is 0 Å². The van der Waals surface area contributed by atoms with Gasteiger partial charge in [0, 0.05) is 24.3 Å². The van der Waals surface area contributed by atoms with Crippen LogP contribution in [0.1, 0.15) is 42.8 Å². The third-order valence-corrected chi connectivity index (χ3v) is 5.01. The normalized spacial score (nSPS) is 11.8. The number of nitrogens with two attached hydrogens (primary N) is 1. The molecule has 0 bridgehead atoms. The van der Waals surface area contributed by atoms with E-state index in [-0.39, 0.29) is 11.7 Å². The molecule has 0 atom stereocenters. The van der Waals surface area contributed by atoms with Crippen LogP contribution in [-0.4, -0.2) is 24.1 Å². The standard InChI is InChI=1S/C19H28N4O3S/c1-13(2)11-23-15(4)18(14(3)22-23)9-10-19(24)21-17-7-5-16(6-8-17)12-27(20,25)26/h5-8,13H,9-12H2,1-4H3,(H,21,24)(H2,20,25,26). The second-order valence-corrected chi connectivity index (χ2v) is 8.89. The lowest BCUT2D eigenvalue weighted by molar-refractivity contribution is -0.116. The molecule has 0 aliphatic heterocycles. The molecule has 1 amide bonds. The maximum Gasteiger partial charge on any atom is 0.224 e. The Labute approximate surface area is 161 Å². The van der Waals surface area contributed by atoms with E-state index >= 15 is 0 Å². The van der Waals surface area contributed by atoms with Crippen molar-refractivity contribution in [3.8, 4) is 0 Å². The van der Waals surface area contributed by atoms with Crippen LogP contribution < -0.4 is 10.5 Å². The number of carbonyl (C=O) groups excluding carboxylic acids is 1. The first kappa shape index (κ1) is 21.1. The van der Waals surface area contributed by atoms with Crippen molar-refractivity contribution in [3.63, 3.8) is 0 Å². The number of amides is 1. The van der Waals surface area contributed by atoms with Crippen LogP contribution in [0, 0.1) is 19.8 Å². The first-order valence-electron chi connectivity index (χ1n) is 8.97. The first-order valence-corrected chi connectivity index (χ1v) is 10.7. The number of benzene rings is 1. The Bertz CT molecular complexity index is 900. The molecule has 0 saturated carbocycles. The van der Waals surface area contributed by atoms with E-state index in [1.165, 1.54) is 0 Å². The summed E-state index contributed by atoms with van der Waals surface area (Å²) in [6, 6.07) is 6.64. The minimum atomic E-state index is -3.56. The summed E-state index contributed by atoms with van der Waals surface area (Å²) in [7, 11) is -3.56. The van der Waals surface area contributed by atoms with Gasteiger partial charge in [0.15, 0.2) is 0 Å². The lowest BCUT2D eigenvalue weighted by Gasteiger charge is -2.09. The molecular weight excluding hydrogens is 364 g/mol. The molecule has 2 aromatic rings. The molecular formula is C19H28N4O3S. The van der Waals surface area contributed by atoms with Gasteiger partial charge in [0.05, 0.1) is 11.4 Å². The topological polar surface area (TPSA) is 107 Å². The molecule has 0 aliphatic rings. The third kappa shape index (κ3) is 6.48. The Morgan fingerprint density at radius 1 is 1.22 bits per heavy atom. The lowest BCUT2D eigenvalue weighted by atomic mass is 10.1. The fourth-order valence-corrected chi connectivity index (χ4v) is 3.66. The van der Waals surface area contributed by atoms with Crippen molar-refractivity contribution in [1.82, 2.24) is 9.78 Å². The van der Waals surface area contributed by atoms with E-state index in [1.54, 1.807) is 24.3 Å². The zero-order chi connectivity index (χ0) is 20.2. The summed E-state index contributed by atoms with van der Waals surface area (Å²) in [6.45, 7) is 9.18. The van der Waals surface area contributed by atoms with Crippen molar-refractivity contribution in [2.45, 2.75) is 52.8 Å². The molecule has 148 valence electrons. The van der Waals surface area contributed by atoms with Crippen LogP contribution in [0.4, 0.5) is 5.69 Å². The largest absolute Gasteiger partial charge is 0.326 e. The monoisotopic (exact) mass is 392 g/mol. The summed E-state index contributed by atoms with van der Waals surface area (Å²) in [4.78, 5) is 12.3. The lowest BCUT2D eigenvalue weighted by Crippen LogP contribution is -2.15. The molecule has 0 unspecified atom stereocenters. The van der Waals surface area contributed by atoms with Crippen LogP contribution in [0.15, 0.2) is 24.3 Å².